The van der Waals surface area contributed by atoms with E-state index in [0.717, 1.165) is 16.8 Å². The van der Waals surface area contributed by atoms with Gasteiger partial charge in [0, 0.05) is 24.3 Å². The van der Waals surface area contributed by atoms with Gasteiger partial charge in [0.1, 0.15) is 0 Å². The fourth-order valence-electron chi connectivity index (χ4n) is 3.05. The van der Waals surface area contributed by atoms with Crippen LogP contribution in [-0.2, 0) is 9.59 Å². The molecule has 2 amide bonds. The van der Waals surface area contributed by atoms with E-state index >= 15 is 0 Å². The number of nitrogens with one attached hydrogen (secondary N) is 1. The molecule has 0 aromatic heterocycles. The molecule has 0 aliphatic carbocycles. The van der Waals surface area contributed by atoms with E-state index in [-0.39, 0.29) is 18.2 Å². The van der Waals surface area contributed by atoms with Crippen LogP contribution in [0.1, 0.15) is 23.1 Å². The summed E-state index contributed by atoms with van der Waals surface area (Å²) in [4.78, 5) is 26.6. The van der Waals surface area contributed by atoms with Gasteiger partial charge in [0.15, 0.2) is 0 Å². The number of carbonyl (C=O) groups is 2. The van der Waals surface area contributed by atoms with Crippen LogP contribution in [0.2, 0.25) is 0 Å². The Kier molecular flexibility index (Phi) is 4.53. The van der Waals surface area contributed by atoms with Crippen LogP contribution in [0.15, 0.2) is 42.5 Å². The first-order valence-corrected chi connectivity index (χ1v) is 8.17. The summed E-state index contributed by atoms with van der Waals surface area (Å²) in [5.41, 5.74) is 4.09. The second-order valence-electron chi connectivity index (χ2n) is 6.31. The summed E-state index contributed by atoms with van der Waals surface area (Å²) in [6.07, 6.45) is 0.192. The van der Waals surface area contributed by atoms with E-state index in [1.165, 1.54) is 0 Å². The van der Waals surface area contributed by atoms with Gasteiger partial charge in [-0.05, 0) is 49.2 Å². The molecule has 3 rings (SSSR count). The molecule has 25 heavy (non-hydrogen) atoms. The van der Waals surface area contributed by atoms with Gasteiger partial charge in [0.25, 0.3) is 0 Å². The molecule has 0 radical (unpaired) electrons. The Balaban J connectivity index is 1.74. The highest BCUT2D eigenvalue weighted by molar-refractivity contribution is 6.04. The summed E-state index contributed by atoms with van der Waals surface area (Å²) in [5.74, 6) is -0.644. The number of carbonyl (C=O) groups excluding carboxylic acids is 2. The fraction of sp³-hybridized carbons (Fsp3) is 0.250. The fourth-order valence-corrected chi connectivity index (χ4v) is 3.05. The maximum Gasteiger partial charge on any atom is 0.229 e. The normalized spacial score (nSPS) is 16.6. The maximum absolute atomic E-state index is 12.5. The van der Waals surface area contributed by atoms with Crippen molar-refractivity contribution in [3.8, 4) is 6.07 Å². The van der Waals surface area contributed by atoms with Gasteiger partial charge in [-0.3, -0.25) is 9.59 Å². The molecule has 1 fully saturated rings. The lowest BCUT2D eigenvalue weighted by molar-refractivity contribution is -0.122. The van der Waals surface area contributed by atoms with Crippen LogP contribution in [0, 0.1) is 31.1 Å². The zero-order chi connectivity index (χ0) is 18.0. The number of amides is 2. The average molecular weight is 333 g/mol. The molecule has 5 heteroatoms. The van der Waals surface area contributed by atoms with Crippen LogP contribution in [0.25, 0.3) is 0 Å². The molecule has 0 unspecified atom stereocenters. The molecule has 0 bridgehead atoms. The first kappa shape index (κ1) is 16.7. The number of hydrogen-bond acceptors (Lipinski definition) is 3. The van der Waals surface area contributed by atoms with Crippen LogP contribution in [0.4, 0.5) is 11.4 Å². The Morgan fingerprint density at radius 1 is 1.24 bits per heavy atom. The lowest BCUT2D eigenvalue weighted by Gasteiger charge is -2.20. The summed E-state index contributed by atoms with van der Waals surface area (Å²) in [6, 6.07) is 14.6. The van der Waals surface area contributed by atoms with Crippen LogP contribution >= 0.6 is 0 Å². The SMILES string of the molecule is Cc1cccc(N2C[C@@H](C(=O)Nc3cccc(C#N)c3)CC2=O)c1C. The lowest BCUT2D eigenvalue weighted by Crippen LogP contribution is -2.28. The minimum atomic E-state index is -0.404. The second kappa shape index (κ2) is 6.78. The monoisotopic (exact) mass is 333 g/mol. The van der Waals surface area contributed by atoms with Gasteiger partial charge in [0.05, 0.1) is 17.6 Å². The third-order valence-corrected chi connectivity index (χ3v) is 4.62. The van der Waals surface area contributed by atoms with Crippen molar-refractivity contribution in [2.75, 3.05) is 16.8 Å². The third kappa shape index (κ3) is 3.38. The molecule has 5 nitrogen and oxygen atoms in total. The van der Waals surface area contributed by atoms with Crippen molar-refractivity contribution >= 4 is 23.2 Å². The van der Waals surface area contributed by atoms with Gasteiger partial charge in [-0.15, -0.1) is 0 Å². The molecule has 0 spiro atoms. The van der Waals surface area contributed by atoms with E-state index in [2.05, 4.69) is 5.32 Å². The second-order valence-corrected chi connectivity index (χ2v) is 6.31. The summed E-state index contributed by atoms with van der Waals surface area (Å²) < 4.78 is 0. The summed E-state index contributed by atoms with van der Waals surface area (Å²) in [6.45, 7) is 4.36. The van der Waals surface area contributed by atoms with Crippen molar-refractivity contribution in [1.82, 2.24) is 0 Å². The Morgan fingerprint density at radius 2 is 2.00 bits per heavy atom. The van der Waals surface area contributed by atoms with E-state index in [9.17, 15) is 9.59 Å². The van der Waals surface area contributed by atoms with E-state index < -0.39 is 5.92 Å². The molecule has 2 aromatic carbocycles. The molecular weight excluding hydrogens is 314 g/mol. The minimum absolute atomic E-state index is 0.0420. The van der Waals surface area contributed by atoms with Gasteiger partial charge in [-0.25, -0.2) is 0 Å². The number of anilines is 2. The predicted molar refractivity (Wildman–Crippen MR) is 96.2 cm³/mol. The average Bonchev–Trinajstić information content (AvgIpc) is 2.99. The van der Waals surface area contributed by atoms with Crippen molar-refractivity contribution < 1.29 is 9.59 Å². The molecule has 0 saturated carbocycles. The van der Waals surface area contributed by atoms with Crippen molar-refractivity contribution in [2.45, 2.75) is 20.3 Å². The highest BCUT2D eigenvalue weighted by Crippen LogP contribution is 2.30. The largest absolute Gasteiger partial charge is 0.326 e. The van der Waals surface area contributed by atoms with Crippen molar-refractivity contribution in [3.63, 3.8) is 0 Å². The van der Waals surface area contributed by atoms with Crippen molar-refractivity contribution in [2.24, 2.45) is 5.92 Å². The minimum Gasteiger partial charge on any atom is -0.326 e. The van der Waals surface area contributed by atoms with Gasteiger partial charge < -0.3 is 10.2 Å². The van der Waals surface area contributed by atoms with Gasteiger partial charge in [-0.1, -0.05) is 18.2 Å². The van der Waals surface area contributed by atoms with E-state index in [1.54, 1.807) is 29.2 Å². The number of benzene rings is 2. The topological polar surface area (TPSA) is 73.2 Å². The summed E-state index contributed by atoms with van der Waals surface area (Å²) >= 11 is 0. The zero-order valence-corrected chi connectivity index (χ0v) is 14.2. The molecule has 1 saturated heterocycles. The molecule has 126 valence electrons. The highest BCUT2D eigenvalue weighted by atomic mass is 16.2. The Hall–Kier alpha value is -3.13. The molecule has 1 atom stereocenters. The maximum atomic E-state index is 12.5. The van der Waals surface area contributed by atoms with Crippen molar-refractivity contribution in [3.05, 3.63) is 59.2 Å². The molecule has 1 aliphatic heterocycles. The van der Waals surface area contributed by atoms with Gasteiger partial charge in [-0.2, -0.15) is 5.26 Å². The third-order valence-electron chi connectivity index (χ3n) is 4.62. The first-order chi connectivity index (χ1) is 12.0. The molecule has 1 aliphatic rings. The van der Waals surface area contributed by atoms with Gasteiger partial charge >= 0.3 is 0 Å². The number of nitriles is 1. The number of aryl methyl sites for hydroxylation is 1. The quantitative estimate of drug-likeness (QED) is 0.937. The Bertz CT molecular complexity index is 883. The molecule has 1 N–H and O–H groups in total. The van der Waals surface area contributed by atoms with Crippen LogP contribution in [-0.4, -0.2) is 18.4 Å². The number of hydrogen-bond donors (Lipinski definition) is 1. The Morgan fingerprint density at radius 3 is 2.76 bits per heavy atom. The van der Waals surface area contributed by atoms with E-state index in [4.69, 9.17) is 5.26 Å². The summed E-state index contributed by atoms with van der Waals surface area (Å²) in [5, 5.41) is 11.7. The van der Waals surface area contributed by atoms with Crippen LogP contribution < -0.4 is 10.2 Å². The smallest absolute Gasteiger partial charge is 0.229 e. The predicted octanol–water partition coefficient (Wildman–Crippen LogP) is 3.17. The number of nitrogens with zero attached hydrogens (tertiary/aromatic N) is 2. The standard InChI is InChI=1S/C20H19N3O2/c1-13-5-3-8-18(14(13)2)23-12-16(10-19(23)24)20(25)22-17-7-4-6-15(9-17)11-21/h3-9,16H,10,12H2,1-2H3,(H,22,25)/t16-/m0/s1. The summed E-state index contributed by atoms with van der Waals surface area (Å²) in [7, 11) is 0. The molecule has 1 heterocycles. The van der Waals surface area contributed by atoms with Gasteiger partial charge in [0.2, 0.25) is 11.8 Å². The van der Waals surface area contributed by atoms with Crippen molar-refractivity contribution in [1.29, 1.82) is 5.26 Å². The van der Waals surface area contributed by atoms with E-state index in [0.29, 0.717) is 17.8 Å². The van der Waals surface area contributed by atoms with E-state index in [1.807, 2.05) is 38.1 Å². The number of rotatable bonds is 3. The first-order valence-electron chi connectivity index (χ1n) is 8.17. The molecular formula is C20H19N3O2. The lowest BCUT2D eigenvalue weighted by atomic mass is 10.1. The molecule has 2 aromatic rings. The van der Waals surface area contributed by atoms with Crippen LogP contribution in [0.5, 0.6) is 0 Å². The zero-order valence-electron chi connectivity index (χ0n) is 14.2. The highest BCUT2D eigenvalue weighted by Gasteiger charge is 2.35. The Labute approximate surface area is 146 Å². The van der Waals surface area contributed by atoms with Crippen LogP contribution in [0.3, 0.4) is 0 Å².